The van der Waals surface area contributed by atoms with Crippen LogP contribution in [-0.4, -0.2) is 6.61 Å². The Labute approximate surface area is 95.0 Å². The SMILES string of the molecule is N#CC(C#N)=Cc1ccc(F)cc1OC(F)F. The van der Waals surface area contributed by atoms with Crippen LogP contribution in [0.5, 0.6) is 5.75 Å². The van der Waals surface area contributed by atoms with Gasteiger partial charge in [0, 0.05) is 11.6 Å². The molecule has 0 aliphatic carbocycles. The third-order valence-electron chi connectivity index (χ3n) is 1.73. The van der Waals surface area contributed by atoms with Crippen LogP contribution in [0.3, 0.4) is 0 Å². The number of nitrogens with zero attached hydrogens (tertiary/aromatic N) is 2. The quantitative estimate of drug-likeness (QED) is 0.761. The predicted molar refractivity (Wildman–Crippen MR) is 52.2 cm³/mol. The van der Waals surface area contributed by atoms with Crippen LogP contribution in [0.4, 0.5) is 13.2 Å². The first-order valence-electron chi connectivity index (χ1n) is 4.33. The Balaban J connectivity index is 3.21. The standard InChI is InChI=1S/C11H5F3N2O/c12-9-2-1-8(3-7(5-15)6-16)10(4-9)17-11(13)14/h1-4,11H. The summed E-state index contributed by atoms with van der Waals surface area (Å²) in [7, 11) is 0. The molecule has 0 bridgehead atoms. The molecule has 1 aromatic carbocycles. The number of ether oxygens (including phenoxy) is 1. The molecule has 0 atom stereocenters. The van der Waals surface area contributed by atoms with Crippen LogP contribution in [0, 0.1) is 28.5 Å². The van der Waals surface area contributed by atoms with E-state index < -0.39 is 18.2 Å². The van der Waals surface area contributed by atoms with Gasteiger partial charge in [0.1, 0.15) is 29.3 Å². The molecule has 6 heteroatoms. The summed E-state index contributed by atoms with van der Waals surface area (Å²) >= 11 is 0. The van der Waals surface area contributed by atoms with Crippen molar-refractivity contribution in [3.63, 3.8) is 0 Å². The van der Waals surface area contributed by atoms with Gasteiger partial charge in [0.05, 0.1) is 0 Å². The highest BCUT2D eigenvalue weighted by molar-refractivity contribution is 5.66. The third-order valence-corrected chi connectivity index (χ3v) is 1.73. The van der Waals surface area contributed by atoms with Crippen LogP contribution in [-0.2, 0) is 0 Å². The van der Waals surface area contributed by atoms with Crippen LogP contribution in [0.1, 0.15) is 5.56 Å². The molecule has 0 fully saturated rings. The van der Waals surface area contributed by atoms with Gasteiger partial charge in [0.25, 0.3) is 0 Å². The van der Waals surface area contributed by atoms with E-state index in [1.807, 2.05) is 0 Å². The third kappa shape index (κ3) is 3.54. The molecule has 1 aromatic rings. The van der Waals surface area contributed by atoms with Crippen LogP contribution in [0.2, 0.25) is 0 Å². The minimum atomic E-state index is -3.11. The van der Waals surface area contributed by atoms with Crippen molar-refractivity contribution in [3.8, 4) is 17.9 Å². The average Bonchev–Trinajstić information content (AvgIpc) is 2.27. The van der Waals surface area contributed by atoms with Gasteiger partial charge in [-0.15, -0.1) is 0 Å². The maximum Gasteiger partial charge on any atom is 0.387 e. The highest BCUT2D eigenvalue weighted by Gasteiger charge is 2.10. The Morgan fingerprint density at radius 3 is 2.47 bits per heavy atom. The molecule has 0 amide bonds. The van der Waals surface area contributed by atoms with Gasteiger partial charge in [0.15, 0.2) is 0 Å². The Kier molecular flexibility index (Phi) is 4.13. The molecule has 0 aromatic heterocycles. The molecule has 0 heterocycles. The molecule has 86 valence electrons. The minimum absolute atomic E-state index is 0.0322. The molecular formula is C11H5F3N2O. The van der Waals surface area contributed by atoms with E-state index in [1.165, 1.54) is 0 Å². The second-order valence-electron chi connectivity index (χ2n) is 2.84. The van der Waals surface area contributed by atoms with Gasteiger partial charge >= 0.3 is 6.61 Å². The molecule has 0 spiro atoms. The van der Waals surface area contributed by atoms with Crippen molar-refractivity contribution in [1.82, 2.24) is 0 Å². The van der Waals surface area contributed by atoms with Gasteiger partial charge in [-0.3, -0.25) is 0 Å². The summed E-state index contributed by atoms with van der Waals surface area (Å²) in [5.41, 5.74) is -0.263. The zero-order valence-corrected chi connectivity index (χ0v) is 8.32. The lowest BCUT2D eigenvalue weighted by molar-refractivity contribution is -0.0501. The first kappa shape index (κ1) is 12.6. The molecule has 0 unspecified atom stereocenters. The van der Waals surface area contributed by atoms with Crippen molar-refractivity contribution in [2.24, 2.45) is 0 Å². The van der Waals surface area contributed by atoms with Gasteiger partial charge in [-0.2, -0.15) is 19.3 Å². The lowest BCUT2D eigenvalue weighted by atomic mass is 10.1. The van der Waals surface area contributed by atoms with E-state index in [2.05, 4.69) is 4.74 Å². The zero-order chi connectivity index (χ0) is 12.8. The van der Waals surface area contributed by atoms with Crippen LogP contribution in [0.25, 0.3) is 6.08 Å². The lowest BCUT2D eigenvalue weighted by Crippen LogP contribution is -2.03. The molecule has 0 aliphatic heterocycles. The molecule has 0 N–H and O–H groups in total. The Hall–Kier alpha value is -2.47. The summed E-state index contributed by atoms with van der Waals surface area (Å²) in [5, 5.41) is 17.0. The maximum atomic E-state index is 12.8. The highest BCUT2D eigenvalue weighted by atomic mass is 19.3. The van der Waals surface area contributed by atoms with Crippen molar-refractivity contribution in [1.29, 1.82) is 10.5 Å². The van der Waals surface area contributed by atoms with E-state index in [-0.39, 0.29) is 11.1 Å². The number of hydrogen-bond acceptors (Lipinski definition) is 3. The second-order valence-corrected chi connectivity index (χ2v) is 2.84. The second kappa shape index (κ2) is 5.57. The largest absolute Gasteiger partial charge is 0.434 e. The van der Waals surface area contributed by atoms with Gasteiger partial charge in [-0.1, -0.05) is 0 Å². The van der Waals surface area contributed by atoms with E-state index >= 15 is 0 Å². The number of alkyl halides is 2. The van der Waals surface area contributed by atoms with Crippen molar-refractivity contribution in [2.75, 3.05) is 0 Å². The summed E-state index contributed by atoms with van der Waals surface area (Å²) in [5.74, 6) is -1.18. The number of rotatable bonds is 3. The summed E-state index contributed by atoms with van der Waals surface area (Å²) in [6, 6.07) is 6.02. The fourth-order valence-electron chi connectivity index (χ4n) is 1.07. The summed E-state index contributed by atoms with van der Waals surface area (Å²) in [6.45, 7) is -3.11. The average molecular weight is 238 g/mol. The van der Waals surface area contributed by atoms with E-state index in [0.717, 1.165) is 24.3 Å². The maximum absolute atomic E-state index is 12.8. The van der Waals surface area contributed by atoms with E-state index in [4.69, 9.17) is 10.5 Å². The Morgan fingerprint density at radius 1 is 1.29 bits per heavy atom. The Bertz CT molecular complexity index is 510. The van der Waals surface area contributed by atoms with Gasteiger partial charge in [-0.25, -0.2) is 4.39 Å². The number of hydrogen-bond donors (Lipinski definition) is 0. The summed E-state index contributed by atoms with van der Waals surface area (Å²) < 4.78 is 41.0. The minimum Gasteiger partial charge on any atom is -0.434 e. The number of nitriles is 2. The lowest BCUT2D eigenvalue weighted by Gasteiger charge is -2.07. The molecule has 0 radical (unpaired) electrons. The summed E-state index contributed by atoms with van der Waals surface area (Å²) in [4.78, 5) is 0. The van der Waals surface area contributed by atoms with Crippen molar-refractivity contribution >= 4 is 6.08 Å². The fraction of sp³-hybridized carbons (Fsp3) is 0.0909. The molecular weight excluding hydrogens is 233 g/mol. The first-order chi connectivity index (χ1) is 8.06. The van der Waals surface area contributed by atoms with Gasteiger partial charge in [-0.05, 0) is 18.2 Å². The van der Waals surface area contributed by atoms with Crippen molar-refractivity contribution < 1.29 is 17.9 Å². The summed E-state index contributed by atoms with van der Waals surface area (Å²) in [6.07, 6.45) is 1.04. The van der Waals surface area contributed by atoms with Crippen molar-refractivity contribution in [2.45, 2.75) is 6.61 Å². The number of allylic oxidation sites excluding steroid dienone is 1. The van der Waals surface area contributed by atoms with E-state index in [0.29, 0.717) is 0 Å². The Morgan fingerprint density at radius 2 is 1.94 bits per heavy atom. The fourth-order valence-corrected chi connectivity index (χ4v) is 1.07. The van der Waals surface area contributed by atoms with Gasteiger partial charge in [0.2, 0.25) is 0 Å². The van der Waals surface area contributed by atoms with Gasteiger partial charge < -0.3 is 4.74 Å². The zero-order valence-electron chi connectivity index (χ0n) is 8.32. The highest BCUT2D eigenvalue weighted by Crippen LogP contribution is 2.24. The van der Waals surface area contributed by atoms with E-state index in [9.17, 15) is 13.2 Å². The van der Waals surface area contributed by atoms with Crippen LogP contribution >= 0.6 is 0 Å². The molecule has 3 nitrogen and oxygen atoms in total. The number of halogens is 3. The van der Waals surface area contributed by atoms with Crippen LogP contribution in [0.15, 0.2) is 23.8 Å². The van der Waals surface area contributed by atoms with Crippen LogP contribution < -0.4 is 4.74 Å². The number of benzene rings is 1. The smallest absolute Gasteiger partial charge is 0.387 e. The van der Waals surface area contributed by atoms with Crippen molar-refractivity contribution in [3.05, 3.63) is 35.2 Å². The monoisotopic (exact) mass is 238 g/mol. The normalized spacial score (nSPS) is 9.29. The van der Waals surface area contributed by atoms with E-state index in [1.54, 1.807) is 12.1 Å². The molecule has 0 saturated carbocycles. The predicted octanol–water partition coefficient (Wildman–Crippen LogP) is 2.86. The molecule has 17 heavy (non-hydrogen) atoms. The topological polar surface area (TPSA) is 56.8 Å². The first-order valence-corrected chi connectivity index (χ1v) is 4.33. The molecule has 0 saturated heterocycles. The molecule has 0 aliphatic rings. The molecule has 1 rings (SSSR count).